The number of nitrogens with one attached hydrogen (secondary N) is 3. The topological polar surface area (TPSA) is 93.2 Å². The molecule has 2 aromatic carbocycles. The second-order valence-electron chi connectivity index (χ2n) is 5.78. The largest absolute Gasteiger partial charge is 0.493 e. The van der Waals surface area contributed by atoms with Gasteiger partial charge < -0.3 is 24.8 Å². The molecule has 1 amide bonds. The third-order valence-corrected chi connectivity index (χ3v) is 3.98. The van der Waals surface area contributed by atoms with E-state index in [1.165, 1.54) is 7.11 Å². The number of benzene rings is 2. The molecule has 0 aromatic heterocycles. The van der Waals surface area contributed by atoms with Gasteiger partial charge in [-0.05, 0) is 35.4 Å². The lowest BCUT2D eigenvalue weighted by atomic mass is 10.2. The van der Waals surface area contributed by atoms with Crippen molar-refractivity contribution in [1.29, 1.82) is 0 Å². The van der Waals surface area contributed by atoms with Crippen molar-refractivity contribution in [2.24, 2.45) is 4.99 Å². The molecule has 2 aromatic rings. The lowest BCUT2D eigenvalue weighted by molar-refractivity contribution is 0.187. The van der Waals surface area contributed by atoms with Gasteiger partial charge in [0.15, 0.2) is 17.5 Å². The summed E-state index contributed by atoms with van der Waals surface area (Å²) in [4.78, 5) is 15.4. The van der Waals surface area contributed by atoms with Crippen molar-refractivity contribution in [1.82, 2.24) is 10.6 Å². The first-order valence-electron chi connectivity index (χ1n) is 8.69. The number of amides is 1. The van der Waals surface area contributed by atoms with Gasteiger partial charge in [-0.2, -0.15) is 0 Å². The molecule has 0 unspecified atom stereocenters. The van der Waals surface area contributed by atoms with Crippen molar-refractivity contribution in [2.75, 3.05) is 33.7 Å². The van der Waals surface area contributed by atoms with E-state index in [9.17, 15) is 4.79 Å². The molecule has 0 heterocycles. The van der Waals surface area contributed by atoms with E-state index in [-0.39, 0.29) is 24.0 Å². The summed E-state index contributed by atoms with van der Waals surface area (Å²) < 4.78 is 15.1. The monoisotopic (exact) mass is 514 g/mol. The smallest absolute Gasteiger partial charge is 0.411 e. The van der Waals surface area contributed by atoms with Crippen LogP contribution in [0, 0.1) is 0 Å². The highest BCUT2D eigenvalue weighted by Gasteiger charge is 2.06. The minimum Gasteiger partial charge on any atom is -0.493 e. The van der Waals surface area contributed by atoms with Crippen LogP contribution in [-0.4, -0.2) is 40.4 Å². The first-order valence-corrected chi connectivity index (χ1v) is 8.69. The molecular weight excluding hydrogens is 487 g/mol. The molecule has 2 rings (SSSR count). The second-order valence-corrected chi connectivity index (χ2v) is 5.78. The summed E-state index contributed by atoms with van der Waals surface area (Å²) in [6, 6.07) is 13.2. The maximum Gasteiger partial charge on any atom is 0.411 e. The zero-order valence-electron chi connectivity index (χ0n) is 16.9. The SMILES string of the molecule is CN=C(NCc1ccc(NC(=O)OC)cc1)NCc1ccc(OC)c(OC)c1.I. The van der Waals surface area contributed by atoms with Crippen LogP contribution in [0.4, 0.5) is 10.5 Å². The quantitative estimate of drug-likeness (QED) is 0.298. The molecule has 0 saturated heterocycles. The molecule has 158 valence electrons. The number of nitrogens with zero attached hydrogens (tertiary/aromatic N) is 1. The molecule has 0 atom stereocenters. The van der Waals surface area contributed by atoms with Crippen molar-refractivity contribution in [3.63, 3.8) is 0 Å². The van der Waals surface area contributed by atoms with Crippen LogP contribution >= 0.6 is 24.0 Å². The van der Waals surface area contributed by atoms with Gasteiger partial charge in [0.2, 0.25) is 0 Å². The fraction of sp³-hybridized carbons (Fsp3) is 0.300. The van der Waals surface area contributed by atoms with Gasteiger partial charge in [-0.15, -0.1) is 24.0 Å². The average molecular weight is 514 g/mol. The number of hydrogen-bond donors (Lipinski definition) is 3. The highest BCUT2D eigenvalue weighted by molar-refractivity contribution is 14.0. The molecule has 0 bridgehead atoms. The van der Waals surface area contributed by atoms with E-state index in [0.717, 1.165) is 11.1 Å². The van der Waals surface area contributed by atoms with Crippen molar-refractivity contribution in [2.45, 2.75) is 13.1 Å². The number of aliphatic imine (C=N–C) groups is 1. The molecule has 0 aliphatic heterocycles. The summed E-state index contributed by atoms with van der Waals surface area (Å²) >= 11 is 0. The Hall–Kier alpha value is -2.69. The predicted molar refractivity (Wildman–Crippen MR) is 124 cm³/mol. The summed E-state index contributed by atoms with van der Waals surface area (Å²) in [7, 11) is 6.27. The first-order chi connectivity index (χ1) is 13.6. The van der Waals surface area contributed by atoms with Crippen LogP contribution in [0.2, 0.25) is 0 Å². The number of carbonyl (C=O) groups excluding carboxylic acids is 1. The Bertz CT molecular complexity index is 813. The van der Waals surface area contributed by atoms with Crippen LogP contribution in [0.1, 0.15) is 11.1 Å². The summed E-state index contributed by atoms with van der Waals surface area (Å²) in [6.07, 6.45) is -0.495. The maximum atomic E-state index is 11.2. The van der Waals surface area contributed by atoms with Crippen LogP contribution in [0.15, 0.2) is 47.5 Å². The third kappa shape index (κ3) is 7.68. The fourth-order valence-corrected chi connectivity index (χ4v) is 2.46. The zero-order valence-corrected chi connectivity index (χ0v) is 19.3. The van der Waals surface area contributed by atoms with Gasteiger partial charge in [0.1, 0.15) is 0 Å². The Morgan fingerprint density at radius 3 is 2.03 bits per heavy atom. The summed E-state index contributed by atoms with van der Waals surface area (Å²) in [5.41, 5.74) is 2.76. The molecule has 8 nitrogen and oxygen atoms in total. The van der Waals surface area contributed by atoms with Crippen LogP contribution in [-0.2, 0) is 17.8 Å². The van der Waals surface area contributed by atoms with Crippen molar-refractivity contribution in [3.05, 3.63) is 53.6 Å². The van der Waals surface area contributed by atoms with Crippen molar-refractivity contribution >= 4 is 41.7 Å². The number of carbonyl (C=O) groups is 1. The van der Waals surface area contributed by atoms with Gasteiger partial charge in [-0.25, -0.2) is 4.79 Å². The Morgan fingerprint density at radius 1 is 0.897 bits per heavy atom. The van der Waals surface area contributed by atoms with E-state index >= 15 is 0 Å². The van der Waals surface area contributed by atoms with Gasteiger partial charge >= 0.3 is 6.09 Å². The Morgan fingerprint density at radius 2 is 1.48 bits per heavy atom. The Balaban J connectivity index is 0.00000420. The molecule has 0 aliphatic carbocycles. The Labute approximate surface area is 188 Å². The highest BCUT2D eigenvalue weighted by Crippen LogP contribution is 2.27. The summed E-state index contributed by atoms with van der Waals surface area (Å²) in [6.45, 7) is 1.17. The number of guanidine groups is 1. The standard InChI is InChI=1S/C20H26N4O4.HI/c1-21-19(23-13-15-7-10-17(26-2)18(11-15)27-3)22-12-14-5-8-16(9-6-14)24-20(25)28-4;/h5-11H,12-13H2,1-4H3,(H,24,25)(H2,21,22,23);1H. The minimum absolute atomic E-state index is 0. The van der Waals surface area contributed by atoms with Gasteiger partial charge in [0.25, 0.3) is 0 Å². The average Bonchev–Trinajstić information content (AvgIpc) is 2.74. The van der Waals surface area contributed by atoms with E-state index in [0.29, 0.717) is 36.2 Å². The van der Waals surface area contributed by atoms with Crippen molar-refractivity contribution in [3.8, 4) is 11.5 Å². The number of methoxy groups -OCH3 is 3. The fourth-order valence-electron chi connectivity index (χ4n) is 2.46. The van der Waals surface area contributed by atoms with Crippen LogP contribution in [0.25, 0.3) is 0 Å². The molecule has 3 N–H and O–H groups in total. The number of rotatable bonds is 7. The predicted octanol–water partition coefficient (Wildman–Crippen LogP) is 3.37. The third-order valence-electron chi connectivity index (χ3n) is 3.98. The molecule has 0 spiro atoms. The Kier molecular flexibility index (Phi) is 10.7. The van der Waals surface area contributed by atoms with Crippen molar-refractivity contribution < 1.29 is 19.0 Å². The van der Waals surface area contributed by atoms with E-state index in [4.69, 9.17) is 9.47 Å². The lowest BCUT2D eigenvalue weighted by Gasteiger charge is -2.14. The number of halogens is 1. The molecule has 0 saturated carbocycles. The molecule has 0 radical (unpaired) electrons. The van der Waals surface area contributed by atoms with Crippen LogP contribution < -0.4 is 25.4 Å². The van der Waals surface area contributed by atoms with E-state index in [2.05, 4.69) is 25.7 Å². The summed E-state index contributed by atoms with van der Waals surface area (Å²) in [5.74, 6) is 2.05. The molecule has 0 fully saturated rings. The first kappa shape index (κ1) is 24.3. The van der Waals surface area contributed by atoms with Gasteiger partial charge in [0, 0.05) is 25.8 Å². The minimum atomic E-state index is -0.495. The highest BCUT2D eigenvalue weighted by atomic mass is 127. The maximum absolute atomic E-state index is 11.2. The molecule has 29 heavy (non-hydrogen) atoms. The molecule has 0 aliphatic rings. The summed E-state index contributed by atoms with van der Waals surface area (Å²) in [5, 5.41) is 9.12. The van der Waals surface area contributed by atoms with Crippen LogP contribution in [0.3, 0.4) is 0 Å². The lowest BCUT2D eigenvalue weighted by Crippen LogP contribution is -2.36. The van der Waals surface area contributed by atoms with E-state index in [1.807, 2.05) is 42.5 Å². The van der Waals surface area contributed by atoms with Gasteiger partial charge in [-0.3, -0.25) is 10.3 Å². The van der Waals surface area contributed by atoms with Crippen LogP contribution in [0.5, 0.6) is 11.5 Å². The van der Waals surface area contributed by atoms with E-state index < -0.39 is 6.09 Å². The number of anilines is 1. The zero-order chi connectivity index (χ0) is 20.4. The van der Waals surface area contributed by atoms with Gasteiger partial charge in [-0.1, -0.05) is 18.2 Å². The molecule has 9 heteroatoms. The molecular formula is C20H27IN4O4. The van der Waals surface area contributed by atoms with E-state index in [1.54, 1.807) is 21.3 Å². The van der Waals surface area contributed by atoms with Gasteiger partial charge in [0.05, 0.1) is 21.3 Å². The number of hydrogen-bond acceptors (Lipinski definition) is 5. The second kappa shape index (κ2) is 12.7. The normalized spacial score (nSPS) is 10.4. The number of ether oxygens (including phenoxy) is 3.